The van der Waals surface area contributed by atoms with Crippen LogP contribution in [0.5, 0.6) is 0 Å². The smallest absolute Gasteiger partial charge is 0.240 e. The van der Waals surface area contributed by atoms with Crippen LogP contribution in [0.25, 0.3) is 0 Å². The number of amides is 1. The number of nitrogens with zero attached hydrogens (tertiary/aromatic N) is 1. The molecule has 0 aliphatic carbocycles. The van der Waals surface area contributed by atoms with Crippen molar-refractivity contribution in [2.75, 3.05) is 24.5 Å². The van der Waals surface area contributed by atoms with Crippen molar-refractivity contribution in [1.82, 2.24) is 5.32 Å². The van der Waals surface area contributed by atoms with Crippen molar-refractivity contribution in [1.29, 1.82) is 0 Å². The van der Waals surface area contributed by atoms with Crippen LogP contribution in [0, 0.1) is 18.2 Å². The molecule has 0 fully saturated rings. The van der Waals surface area contributed by atoms with Gasteiger partial charge in [-0.2, -0.15) is 0 Å². The molecule has 0 saturated carbocycles. The predicted molar refractivity (Wildman–Crippen MR) is 66.1 cm³/mol. The van der Waals surface area contributed by atoms with Crippen LogP contribution >= 0.6 is 0 Å². The van der Waals surface area contributed by atoms with Crippen molar-refractivity contribution in [2.24, 2.45) is 0 Å². The molecule has 1 N–H and O–H groups in total. The molecule has 4 heteroatoms. The summed E-state index contributed by atoms with van der Waals surface area (Å²) >= 11 is 0. The van der Waals surface area contributed by atoms with Gasteiger partial charge >= 0.3 is 0 Å². The van der Waals surface area contributed by atoms with Crippen molar-refractivity contribution < 1.29 is 9.18 Å². The Hall–Kier alpha value is -2.02. The van der Waals surface area contributed by atoms with Crippen LogP contribution in [-0.4, -0.2) is 25.5 Å². The summed E-state index contributed by atoms with van der Waals surface area (Å²) in [6.45, 7) is 3.02. The predicted octanol–water partition coefficient (Wildman–Crippen LogP) is 1.40. The Kier molecular flexibility index (Phi) is 5.02. The lowest BCUT2D eigenvalue weighted by Gasteiger charge is -2.22. The fourth-order valence-corrected chi connectivity index (χ4v) is 1.42. The van der Waals surface area contributed by atoms with E-state index in [1.165, 1.54) is 12.1 Å². The monoisotopic (exact) mass is 234 g/mol. The fraction of sp³-hybridized carbons (Fsp3) is 0.308. The van der Waals surface area contributed by atoms with Gasteiger partial charge in [0.15, 0.2) is 0 Å². The third-order valence-electron chi connectivity index (χ3n) is 2.30. The maximum absolute atomic E-state index is 12.8. The van der Waals surface area contributed by atoms with E-state index in [2.05, 4.69) is 11.2 Å². The highest BCUT2D eigenvalue weighted by Gasteiger charge is 2.09. The number of hydrogen-bond acceptors (Lipinski definition) is 2. The largest absolute Gasteiger partial charge is 0.362 e. The van der Waals surface area contributed by atoms with E-state index in [0.717, 1.165) is 5.69 Å². The van der Waals surface area contributed by atoms with Gasteiger partial charge in [0.1, 0.15) is 5.82 Å². The van der Waals surface area contributed by atoms with Crippen molar-refractivity contribution in [3.63, 3.8) is 0 Å². The fourth-order valence-electron chi connectivity index (χ4n) is 1.42. The summed E-state index contributed by atoms with van der Waals surface area (Å²) in [5, 5.41) is 2.59. The van der Waals surface area contributed by atoms with E-state index in [-0.39, 0.29) is 24.8 Å². The number of likely N-dealkylation sites (N-methyl/N-ethyl adjacent to an activating group) is 1. The number of halogens is 1. The minimum Gasteiger partial charge on any atom is -0.362 e. The van der Waals surface area contributed by atoms with E-state index in [1.807, 2.05) is 11.8 Å². The molecule has 0 bridgehead atoms. The standard InChI is InChI=1S/C13H15FN2O/c1-3-9-15-13(17)10-16(4-2)12-7-5-11(14)6-8-12/h1,5-8H,4,9-10H2,2H3,(H,15,17). The third kappa shape index (κ3) is 4.15. The number of rotatable bonds is 5. The molecule has 17 heavy (non-hydrogen) atoms. The van der Waals surface area contributed by atoms with Gasteiger partial charge in [0, 0.05) is 12.2 Å². The molecule has 0 radical (unpaired) electrons. The number of terminal acetylenes is 1. The van der Waals surface area contributed by atoms with E-state index >= 15 is 0 Å². The Morgan fingerprint density at radius 3 is 2.65 bits per heavy atom. The van der Waals surface area contributed by atoms with Crippen molar-refractivity contribution in [3.05, 3.63) is 30.1 Å². The molecule has 0 heterocycles. The zero-order valence-electron chi connectivity index (χ0n) is 9.74. The molecule has 0 unspecified atom stereocenters. The van der Waals surface area contributed by atoms with Crippen LogP contribution in [0.2, 0.25) is 0 Å². The Morgan fingerprint density at radius 1 is 1.47 bits per heavy atom. The summed E-state index contributed by atoms with van der Waals surface area (Å²) in [5.74, 6) is 1.90. The van der Waals surface area contributed by atoms with Gasteiger partial charge in [-0.05, 0) is 31.2 Å². The van der Waals surface area contributed by atoms with Crippen molar-refractivity contribution in [2.45, 2.75) is 6.92 Å². The normalized spacial score (nSPS) is 9.47. The zero-order valence-corrected chi connectivity index (χ0v) is 9.74. The maximum Gasteiger partial charge on any atom is 0.240 e. The zero-order chi connectivity index (χ0) is 12.7. The Morgan fingerprint density at radius 2 is 2.12 bits per heavy atom. The topological polar surface area (TPSA) is 32.3 Å². The first-order valence-electron chi connectivity index (χ1n) is 5.38. The number of anilines is 1. The van der Waals surface area contributed by atoms with Crippen molar-refractivity contribution >= 4 is 11.6 Å². The van der Waals surface area contributed by atoms with E-state index in [0.29, 0.717) is 6.54 Å². The Bertz CT molecular complexity index is 408. The molecular formula is C13H15FN2O. The average Bonchev–Trinajstić information content (AvgIpc) is 2.34. The molecule has 90 valence electrons. The molecule has 1 aromatic rings. The van der Waals surface area contributed by atoms with Crippen LogP contribution in [0.4, 0.5) is 10.1 Å². The first-order chi connectivity index (χ1) is 8.17. The summed E-state index contributed by atoms with van der Waals surface area (Å²) in [6.07, 6.45) is 5.05. The molecule has 0 atom stereocenters. The van der Waals surface area contributed by atoms with E-state index in [1.54, 1.807) is 12.1 Å². The summed E-state index contributed by atoms with van der Waals surface area (Å²) in [7, 11) is 0. The number of carbonyl (C=O) groups excluding carboxylic acids is 1. The second kappa shape index (κ2) is 6.54. The van der Waals surface area contributed by atoms with Crippen LogP contribution in [-0.2, 0) is 4.79 Å². The van der Waals surface area contributed by atoms with Gasteiger partial charge in [-0.3, -0.25) is 4.79 Å². The number of hydrogen-bond donors (Lipinski definition) is 1. The highest BCUT2D eigenvalue weighted by atomic mass is 19.1. The van der Waals surface area contributed by atoms with Gasteiger partial charge < -0.3 is 10.2 Å². The first-order valence-corrected chi connectivity index (χ1v) is 5.38. The SMILES string of the molecule is C#CCNC(=O)CN(CC)c1ccc(F)cc1. The van der Waals surface area contributed by atoms with Crippen LogP contribution in [0.1, 0.15) is 6.92 Å². The van der Waals surface area contributed by atoms with E-state index < -0.39 is 0 Å². The second-order valence-electron chi connectivity index (χ2n) is 3.47. The lowest BCUT2D eigenvalue weighted by atomic mass is 10.2. The van der Waals surface area contributed by atoms with Gasteiger partial charge in [0.2, 0.25) is 5.91 Å². The lowest BCUT2D eigenvalue weighted by molar-refractivity contribution is -0.119. The summed E-state index contributed by atoms with van der Waals surface area (Å²) in [4.78, 5) is 13.3. The minimum atomic E-state index is -0.290. The van der Waals surface area contributed by atoms with Crippen molar-refractivity contribution in [3.8, 4) is 12.3 Å². The molecule has 0 aliphatic rings. The van der Waals surface area contributed by atoms with E-state index in [4.69, 9.17) is 6.42 Å². The maximum atomic E-state index is 12.8. The number of benzene rings is 1. The molecule has 1 rings (SSSR count). The van der Waals surface area contributed by atoms with Gasteiger partial charge in [-0.25, -0.2) is 4.39 Å². The molecule has 0 spiro atoms. The molecule has 1 aromatic carbocycles. The molecule has 3 nitrogen and oxygen atoms in total. The van der Waals surface area contributed by atoms with Crippen LogP contribution in [0.15, 0.2) is 24.3 Å². The Balaban J connectivity index is 2.63. The van der Waals surface area contributed by atoms with Crippen LogP contribution in [0.3, 0.4) is 0 Å². The molecule has 0 saturated heterocycles. The summed E-state index contributed by atoms with van der Waals surface area (Å²) in [6, 6.07) is 6.04. The van der Waals surface area contributed by atoms with Gasteiger partial charge in [0.25, 0.3) is 0 Å². The van der Waals surface area contributed by atoms with Gasteiger partial charge in [0.05, 0.1) is 13.1 Å². The highest BCUT2D eigenvalue weighted by molar-refractivity contribution is 5.81. The second-order valence-corrected chi connectivity index (χ2v) is 3.47. The van der Waals surface area contributed by atoms with Gasteiger partial charge in [-0.1, -0.05) is 5.92 Å². The van der Waals surface area contributed by atoms with E-state index in [9.17, 15) is 9.18 Å². The summed E-state index contributed by atoms with van der Waals surface area (Å²) < 4.78 is 12.8. The quantitative estimate of drug-likeness (QED) is 0.781. The lowest BCUT2D eigenvalue weighted by Crippen LogP contribution is -2.37. The average molecular weight is 234 g/mol. The minimum absolute atomic E-state index is 0.144. The number of carbonyl (C=O) groups is 1. The Labute approximate surface area is 101 Å². The molecule has 0 aliphatic heterocycles. The molecule has 1 amide bonds. The number of nitrogens with one attached hydrogen (secondary N) is 1. The van der Waals surface area contributed by atoms with Gasteiger partial charge in [-0.15, -0.1) is 6.42 Å². The third-order valence-corrected chi connectivity index (χ3v) is 2.30. The summed E-state index contributed by atoms with van der Waals surface area (Å²) in [5.41, 5.74) is 0.810. The molecule has 0 aromatic heterocycles. The molecular weight excluding hydrogens is 219 g/mol. The highest BCUT2D eigenvalue weighted by Crippen LogP contribution is 2.13. The van der Waals surface area contributed by atoms with Crippen LogP contribution < -0.4 is 10.2 Å². The first kappa shape index (κ1) is 13.0.